The van der Waals surface area contributed by atoms with Crippen LogP contribution in [0.1, 0.15) is 31.1 Å². The highest BCUT2D eigenvalue weighted by molar-refractivity contribution is 5.84. The molecule has 0 aromatic heterocycles. The molecule has 3 atom stereocenters. The minimum Gasteiger partial charge on any atom is -0.455 e. The maximum atomic E-state index is 12.7. The van der Waals surface area contributed by atoms with Gasteiger partial charge in [0.2, 0.25) is 5.60 Å². The van der Waals surface area contributed by atoms with Crippen molar-refractivity contribution in [3.05, 3.63) is 82.2 Å². The Bertz CT molecular complexity index is 906. The maximum Gasteiger partial charge on any atom is 0.342 e. The van der Waals surface area contributed by atoms with Crippen LogP contribution < -0.4 is 0 Å². The van der Waals surface area contributed by atoms with E-state index in [2.05, 4.69) is 10.0 Å². The minimum absolute atomic E-state index is 0.0995. The van der Waals surface area contributed by atoms with Crippen LogP contribution in [0.2, 0.25) is 0 Å². The number of fused-ring (bicyclic) bond motifs is 1. The molecule has 2 aliphatic heterocycles. The van der Waals surface area contributed by atoms with Crippen LogP contribution in [0.25, 0.3) is 10.4 Å². The molecule has 8 nitrogen and oxygen atoms in total. The molecule has 0 aliphatic carbocycles. The third-order valence-electron chi connectivity index (χ3n) is 5.24. The summed E-state index contributed by atoms with van der Waals surface area (Å²) in [6, 6.07) is 19.6. The van der Waals surface area contributed by atoms with E-state index >= 15 is 0 Å². The second-order valence-corrected chi connectivity index (χ2v) is 7.80. The van der Waals surface area contributed by atoms with E-state index in [9.17, 15) is 4.79 Å². The van der Waals surface area contributed by atoms with Crippen LogP contribution in [-0.4, -0.2) is 42.7 Å². The average Bonchev–Trinajstić information content (AvgIpc) is 3.16. The monoisotopic (exact) mass is 409 g/mol. The maximum absolute atomic E-state index is 12.7. The van der Waals surface area contributed by atoms with Crippen molar-refractivity contribution in [2.24, 2.45) is 5.11 Å². The van der Waals surface area contributed by atoms with Gasteiger partial charge in [-0.25, -0.2) is 4.79 Å². The lowest BCUT2D eigenvalue weighted by Crippen LogP contribution is -2.47. The number of carbonyl (C=O) groups is 1. The molecule has 8 heteroatoms. The van der Waals surface area contributed by atoms with Crippen molar-refractivity contribution < 1.29 is 23.7 Å². The first-order valence-corrected chi connectivity index (χ1v) is 9.77. The molecule has 0 unspecified atom stereocenters. The van der Waals surface area contributed by atoms with Crippen LogP contribution in [0.15, 0.2) is 65.8 Å². The Morgan fingerprint density at radius 1 is 1.10 bits per heavy atom. The predicted octanol–water partition coefficient (Wildman–Crippen LogP) is 3.92. The molecule has 2 aromatic rings. The molecule has 2 fully saturated rings. The third-order valence-corrected chi connectivity index (χ3v) is 5.24. The first-order chi connectivity index (χ1) is 14.5. The molecular weight excluding hydrogens is 386 g/mol. The zero-order valence-electron chi connectivity index (χ0n) is 16.8. The normalized spacial score (nSPS) is 26.8. The van der Waals surface area contributed by atoms with Crippen LogP contribution in [0, 0.1) is 0 Å². The van der Waals surface area contributed by atoms with Gasteiger partial charge in [-0.1, -0.05) is 65.8 Å². The van der Waals surface area contributed by atoms with Gasteiger partial charge in [0.25, 0.3) is 0 Å². The minimum atomic E-state index is -1.46. The molecule has 0 radical (unpaired) electrons. The van der Waals surface area contributed by atoms with Crippen LogP contribution in [0.5, 0.6) is 0 Å². The summed E-state index contributed by atoms with van der Waals surface area (Å²) in [5.41, 5.74) is 9.25. The number of carbonyl (C=O) groups excluding carboxylic acids is 1. The molecular formula is C22H23N3O5. The summed E-state index contributed by atoms with van der Waals surface area (Å²) >= 11 is 0. The van der Waals surface area contributed by atoms with Gasteiger partial charge in [-0.15, -0.1) is 0 Å². The Kier molecular flexibility index (Phi) is 5.49. The van der Waals surface area contributed by atoms with Crippen LogP contribution in [0.3, 0.4) is 0 Å². The molecule has 0 spiro atoms. The summed E-state index contributed by atoms with van der Waals surface area (Å²) in [4.78, 5) is 15.5. The lowest BCUT2D eigenvalue weighted by Gasteiger charge is -2.24. The summed E-state index contributed by atoms with van der Waals surface area (Å²) in [6.07, 6.45) is -1.77. The summed E-state index contributed by atoms with van der Waals surface area (Å²) in [5.74, 6) is -1.61. The highest BCUT2D eigenvalue weighted by Gasteiger charge is 2.67. The largest absolute Gasteiger partial charge is 0.455 e. The fourth-order valence-electron chi connectivity index (χ4n) is 4.03. The lowest BCUT2D eigenvalue weighted by atomic mass is 9.96. The van der Waals surface area contributed by atoms with Crippen molar-refractivity contribution in [2.45, 2.75) is 43.5 Å². The van der Waals surface area contributed by atoms with Gasteiger partial charge in [0.1, 0.15) is 12.2 Å². The molecule has 2 aliphatic rings. The van der Waals surface area contributed by atoms with E-state index < -0.39 is 29.6 Å². The first kappa shape index (κ1) is 20.4. The number of hydrogen-bond acceptors (Lipinski definition) is 6. The fourth-order valence-corrected chi connectivity index (χ4v) is 4.03. The molecule has 0 N–H and O–H groups in total. The van der Waals surface area contributed by atoms with E-state index in [1.807, 2.05) is 60.7 Å². The smallest absolute Gasteiger partial charge is 0.342 e. The van der Waals surface area contributed by atoms with E-state index in [4.69, 9.17) is 24.5 Å². The molecule has 4 rings (SSSR count). The van der Waals surface area contributed by atoms with Gasteiger partial charge < -0.3 is 18.9 Å². The van der Waals surface area contributed by atoms with E-state index in [1.165, 1.54) is 0 Å². The Hall–Kier alpha value is -2.90. The zero-order chi connectivity index (χ0) is 21.2. The number of hydrogen-bond donors (Lipinski definition) is 0. The standard InChI is InChI=1S/C22H23N3O5/c1-21(2)29-19-17(28-20(26)22(19,30-21)14-24-25-23)13-27-18(15-9-5-3-6-10-15)16-11-7-4-8-12-16/h3-12,17-19H,13-14H2,1-2H3/t17-,19+,22+/m1/s1. The molecule has 0 saturated carbocycles. The third kappa shape index (κ3) is 3.78. The van der Waals surface area contributed by atoms with E-state index in [1.54, 1.807) is 13.8 Å². The molecule has 156 valence electrons. The van der Waals surface area contributed by atoms with Crippen molar-refractivity contribution in [1.82, 2.24) is 0 Å². The van der Waals surface area contributed by atoms with Crippen molar-refractivity contribution in [2.75, 3.05) is 13.2 Å². The molecule has 2 heterocycles. The Morgan fingerprint density at radius 2 is 1.70 bits per heavy atom. The first-order valence-electron chi connectivity index (χ1n) is 9.77. The van der Waals surface area contributed by atoms with Crippen LogP contribution in [-0.2, 0) is 23.7 Å². The van der Waals surface area contributed by atoms with Gasteiger partial charge in [-0.2, -0.15) is 0 Å². The molecule has 0 bridgehead atoms. The number of esters is 1. The lowest BCUT2D eigenvalue weighted by molar-refractivity contribution is -0.200. The summed E-state index contributed by atoms with van der Waals surface area (Å²) in [7, 11) is 0. The Labute approximate surface area is 174 Å². The SMILES string of the molecule is CC1(C)O[C@H]2[C@@H](COC(c3ccccc3)c3ccccc3)OC(=O)[C@@]2(CN=[N+]=[N-])O1. The topological polar surface area (TPSA) is 103 Å². The molecule has 2 saturated heterocycles. The van der Waals surface area contributed by atoms with Crippen LogP contribution >= 0.6 is 0 Å². The highest BCUT2D eigenvalue weighted by atomic mass is 16.8. The Morgan fingerprint density at radius 3 is 2.27 bits per heavy atom. The molecule has 30 heavy (non-hydrogen) atoms. The second kappa shape index (κ2) is 8.08. The van der Waals surface area contributed by atoms with Crippen molar-refractivity contribution in [3.8, 4) is 0 Å². The van der Waals surface area contributed by atoms with Gasteiger partial charge in [0.05, 0.1) is 13.2 Å². The average molecular weight is 409 g/mol. The number of azide groups is 1. The van der Waals surface area contributed by atoms with Gasteiger partial charge in [-0.05, 0) is 30.5 Å². The van der Waals surface area contributed by atoms with E-state index in [0.717, 1.165) is 11.1 Å². The second-order valence-electron chi connectivity index (χ2n) is 7.80. The van der Waals surface area contributed by atoms with E-state index in [-0.39, 0.29) is 19.3 Å². The van der Waals surface area contributed by atoms with Gasteiger partial charge in [0.15, 0.2) is 11.9 Å². The van der Waals surface area contributed by atoms with E-state index in [0.29, 0.717) is 0 Å². The highest BCUT2D eigenvalue weighted by Crippen LogP contribution is 2.45. The molecule has 2 aromatic carbocycles. The fraction of sp³-hybridized carbons (Fsp3) is 0.409. The summed E-state index contributed by atoms with van der Waals surface area (Å²) in [6.45, 7) is 3.33. The number of ether oxygens (including phenoxy) is 4. The number of cyclic esters (lactones) is 1. The zero-order valence-corrected chi connectivity index (χ0v) is 16.8. The quantitative estimate of drug-likeness (QED) is 0.298. The number of rotatable bonds is 7. The van der Waals surface area contributed by atoms with Gasteiger partial charge in [-0.3, -0.25) is 0 Å². The molecule has 0 amide bonds. The van der Waals surface area contributed by atoms with Gasteiger partial charge in [0, 0.05) is 4.91 Å². The van der Waals surface area contributed by atoms with Crippen LogP contribution in [0.4, 0.5) is 0 Å². The van der Waals surface area contributed by atoms with Crippen molar-refractivity contribution in [3.63, 3.8) is 0 Å². The summed E-state index contributed by atoms with van der Waals surface area (Å²) in [5, 5.41) is 3.56. The van der Waals surface area contributed by atoms with Crippen molar-refractivity contribution >= 4 is 5.97 Å². The van der Waals surface area contributed by atoms with Crippen molar-refractivity contribution in [1.29, 1.82) is 0 Å². The summed E-state index contributed by atoms with van der Waals surface area (Å²) < 4.78 is 23.6. The predicted molar refractivity (Wildman–Crippen MR) is 107 cm³/mol. The number of benzene rings is 2. The Balaban J connectivity index is 1.57. The van der Waals surface area contributed by atoms with Gasteiger partial charge >= 0.3 is 5.97 Å². The number of nitrogens with zero attached hydrogens (tertiary/aromatic N) is 3.